The van der Waals surface area contributed by atoms with Gasteiger partial charge in [-0.2, -0.15) is 0 Å². The highest BCUT2D eigenvalue weighted by Gasteiger charge is 2.38. The van der Waals surface area contributed by atoms with Gasteiger partial charge in [-0.3, -0.25) is 14.5 Å². The number of primary amides is 1. The number of aromatic amines is 1. The minimum atomic E-state index is -1.49. The molecule has 0 fully saturated rings. The predicted molar refractivity (Wildman–Crippen MR) is 157 cm³/mol. The molecule has 1 atom stereocenters. The Labute approximate surface area is 239 Å². The minimum absolute atomic E-state index is 0.00931. The Hall–Kier alpha value is -4.80. The monoisotopic (exact) mass is 570 g/mol. The lowest BCUT2D eigenvalue weighted by molar-refractivity contribution is 0.0747. The van der Waals surface area contributed by atoms with E-state index in [1.54, 1.807) is 37.3 Å². The fourth-order valence-corrected chi connectivity index (χ4v) is 5.93. The molecule has 1 aliphatic heterocycles. The maximum atomic E-state index is 15.7. The van der Waals surface area contributed by atoms with Gasteiger partial charge in [-0.1, -0.05) is 36.4 Å². The molecular formula is C32H28F2N4O4. The van der Waals surface area contributed by atoms with Crippen molar-refractivity contribution in [2.24, 2.45) is 5.73 Å². The number of amides is 2. The Morgan fingerprint density at radius 2 is 1.67 bits per heavy atom. The number of halogens is 2. The fraction of sp³-hybridized carbons (Fsp3) is 0.188. The molecule has 0 bridgehead atoms. The van der Waals surface area contributed by atoms with Crippen molar-refractivity contribution >= 4 is 45.0 Å². The Bertz CT molecular complexity index is 1960. The molecular weight excluding hydrogens is 542 g/mol. The van der Waals surface area contributed by atoms with Crippen molar-refractivity contribution in [3.63, 3.8) is 0 Å². The van der Waals surface area contributed by atoms with Crippen LogP contribution in [-0.2, 0) is 5.60 Å². The summed E-state index contributed by atoms with van der Waals surface area (Å²) < 4.78 is 30.3. The molecule has 0 aliphatic carbocycles. The number of rotatable bonds is 4. The molecule has 42 heavy (non-hydrogen) atoms. The van der Waals surface area contributed by atoms with Crippen molar-refractivity contribution in [1.29, 1.82) is 0 Å². The molecule has 5 aromatic rings. The van der Waals surface area contributed by atoms with Crippen molar-refractivity contribution in [2.75, 3.05) is 16.8 Å². The number of H-pyrrole nitrogens is 1. The second kappa shape index (κ2) is 9.37. The SMILES string of the molecule is Cc1c(-c2ccc(C(N)=O)c3[nH]c4c(F)c(C(C)(C)O)ccc4c23)cccc1N1C(=O)c2cccc(F)c2N(C)C1O. The molecule has 0 saturated heterocycles. The van der Waals surface area contributed by atoms with Gasteiger partial charge in [0.05, 0.1) is 39.1 Å². The van der Waals surface area contributed by atoms with Crippen molar-refractivity contribution in [3.05, 3.63) is 94.6 Å². The number of fused-ring (bicyclic) bond motifs is 4. The van der Waals surface area contributed by atoms with Crippen LogP contribution in [0.3, 0.4) is 0 Å². The third-order valence-electron chi connectivity index (χ3n) is 8.01. The molecule has 2 amide bonds. The van der Waals surface area contributed by atoms with Crippen LogP contribution >= 0.6 is 0 Å². The summed E-state index contributed by atoms with van der Waals surface area (Å²) in [6, 6.07) is 15.8. The highest BCUT2D eigenvalue weighted by Crippen LogP contribution is 2.43. The van der Waals surface area contributed by atoms with E-state index in [0.717, 1.165) is 0 Å². The van der Waals surface area contributed by atoms with E-state index in [1.165, 1.54) is 55.0 Å². The maximum Gasteiger partial charge on any atom is 0.264 e. The Kier molecular flexibility index (Phi) is 6.10. The quantitative estimate of drug-likeness (QED) is 0.234. The number of nitrogens with zero attached hydrogens (tertiary/aromatic N) is 2. The molecule has 4 aromatic carbocycles. The summed E-state index contributed by atoms with van der Waals surface area (Å²) in [6.45, 7) is 4.74. The number of aromatic nitrogens is 1. The van der Waals surface area contributed by atoms with Gasteiger partial charge in [-0.15, -0.1) is 0 Å². The van der Waals surface area contributed by atoms with Crippen LogP contribution in [-0.4, -0.2) is 40.4 Å². The number of carbonyl (C=O) groups excluding carboxylic acids is 2. The molecule has 1 unspecified atom stereocenters. The highest BCUT2D eigenvalue weighted by molar-refractivity contribution is 6.20. The van der Waals surface area contributed by atoms with Crippen molar-refractivity contribution in [1.82, 2.24) is 4.98 Å². The second-order valence-electron chi connectivity index (χ2n) is 11.0. The van der Waals surface area contributed by atoms with Gasteiger partial charge in [0.1, 0.15) is 5.82 Å². The first-order chi connectivity index (χ1) is 19.8. The average molecular weight is 571 g/mol. The van der Waals surface area contributed by atoms with Crippen molar-refractivity contribution in [2.45, 2.75) is 32.7 Å². The minimum Gasteiger partial charge on any atom is -0.386 e. The Balaban J connectivity index is 1.60. The topological polar surface area (TPSA) is 123 Å². The number of para-hydroxylation sites is 1. The van der Waals surface area contributed by atoms with Gasteiger partial charge in [0.15, 0.2) is 5.82 Å². The summed E-state index contributed by atoms with van der Waals surface area (Å²) >= 11 is 0. The number of aliphatic hydroxyl groups excluding tert-OH is 1. The molecule has 6 rings (SSSR count). The number of hydrogen-bond donors (Lipinski definition) is 4. The first-order valence-corrected chi connectivity index (χ1v) is 13.3. The number of anilines is 2. The zero-order valence-electron chi connectivity index (χ0n) is 23.3. The molecule has 1 aromatic heterocycles. The summed E-state index contributed by atoms with van der Waals surface area (Å²) in [5, 5.41) is 22.7. The molecule has 1 aliphatic rings. The molecule has 10 heteroatoms. The van der Waals surface area contributed by atoms with Gasteiger partial charge in [0.2, 0.25) is 6.35 Å². The standard InChI is InChI=1S/C32H28F2N4O4/c1-15-16(7-6-10-23(15)38-30(40)20-8-5-9-22(33)28(20)37(4)31(38)41)17-11-12-19(29(35)39)26-24(17)18-13-14-21(32(2,3)42)25(34)27(18)36-26/h5-14,31,36,41-42H,1-4H3,(H2,35,39). The van der Waals surface area contributed by atoms with Gasteiger partial charge in [-0.05, 0) is 61.7 Å². The maximum absolute atomic E-state index is 15.7. The van der Waals surface area contributed by atoms with E-state index < -0.39 is 35.4 Å². The molecule has 0 spiro atoms. The van der Waals surface area contributed by atoms with E-state index in [1.807, 2.05) is 6.07 Å². The van der Waals surface area contributed by atoms with Gasteiger partial charge in [0.25, 0.3) is 11.8 Å². The normalized spacial score (nSPS) is 15.5. The zero-order chi connectivity index (χ0) is 30.2. The lowest BCUT2D eigenvalue weighted by atomic mass is 9.91. The predicted octanol–water partition coefficient (Wildman–Crippen LogP) is 5.27. The number of nitrogens with one attached hydrogen (secondary N) is 1. The summed E-state index contributed by atoms with van der Waals surface area (Å²) in [7, 11) is 1.50. The third-order valence-corrected chi connectivity index (χ3v) is 8.01. The summed E-state index contributed by atoms with van der Waals surface area (Å²) in [4.78, 5) is 31.5. The molecule has 0 radical (unpaired) electrons. The van der Waals surface area contributed by atoms with Gasteiger partial charge >= 0.3 is 0 Å². The number of benzene rings is 4. The summed E-state index contributed by atoms with van der Waals surface area (Å²) in [6.07, 6.45) is -1.49. The van der Waals surface area contributed by atoms with Gasteiger partial charge in [0, 0.05) is 23.4 Å². The van der Waals surface area contributed by atoms with Gasteiger partial charge in [-0.25, -0.2) is 8.78 Å². The zero-order valence-corrected chi connectivity index (χ0v) is 23.3. The van der Waals surface area contributed by atoms with E-state index in [2.05, 4.69) is 4.98 Å². The molecule has 5 N–H and O–H groups in total. The molecule has 8 nitrogen and oxygen atoms in total. The van der Waals surface area contributed by atoms with E-state index in [0.29, 0.717) is 38.7 Å². The lowest BCUT2D eigenvalue weighted by Crippen LogP contribution is -2.54. The number of nitrogens with two attached hydrogens (primary N) is 1. The van der Waals surface area contributed by atoms with E-state index in [-0.39, 0.29) is 27.9 Å². The second-order valence-corrected chi connectivity index (χ2v) is 11.0. The van der Waals surface area contributed by atoms with Crippen LogP contribution in [0.1, 0.15) is 45.7 Å². The average Bonchev–Trinajstić information content (AvgIpc) is 3.32. The van der Waals surface area contributed by atoms with Crippen LogP contribution < -0.4 is 15.5 Å². The molecule has 2 heterocycles. The van der Waals surface area contributed by atoms with Crippen LogP contribution in [0.15, 0.2) is 60.7 Å². The first kappa shape index (κ1) is 27.4. The molecule has 0 saturated carbocycles. The Morgan fingerprint density at radius 3 is 2.36 bits per heavy atom. The van der Waals surface area contributed by atoms with Crippen LogP contribution in [0, 0.1) is 18.6 Å². The lowest BCUT2D eigenvalue weighted by Gasteiger charge is -2.41. The van der Waals surface area contributed by atoms with Crippen LogP contribution in [0.4, 0.5) is 20.2 Å². The van der Waals surface area contributed by atoms with Crippen LogP contribution in [0.25, 0.3) is 32.9 Å². The van der Waals surface area contributed by atoms with E-state index in [4.69, 9.17) is 5.73 Å². The number of hydrogen-bond acceptors (Lipinski definition) is 5. The van der Waals surface area contributed by atoms with Gasteiger partial charge < -0.3 is 25.8 Å². The fourth-order valence-electron chi connectivity index (χ4n) is 5.93. The summed E-state index contributed by atoms with van der Waals surface area (Å²) in [5.41, 5.74) is 7.27. The first-order valence-electron chi connectivity index (χ1n) is 13.3. The Morgan fingerprint density at radius 1 is 0.976 bits per heavy atom. The van der Waals surface area contributed by atoms with E-state index in [9.17, 15) is 24.2 Å². The number of aliphatic hydroxyl groups is 2. The number of carbonyl (C=O) groups is 2. The van der Waals surface area contributed by atoms with E-state index >= 15 is 4.39 Å². The third kappa shape index (κ3) is 3.87. The van der Waals surface area contributed by atoms with Crippen LogP contribution in [0.2, 0.25) is 0 Å². The highest BCUT2D eigenvalue weighted by atomic mass is 19.1. The van der Waals surface area contributed by atoms with Crippen molar-refractivity contribution in [3.8, 4) is 11.1 Å². The smallest absolute Gasteiger partial charge is 0.264 e. The van der Waals surface area contributed by atoms with Crippen molar-refractivity contribution < 1.29 is 28.6 Å². The van der Waals surface area contributed by atoms with Crippen LogP contribution in [0.5, 0.6) is 0 Å². The largest absolute Gasteiger partial charge is 0.386 e. The summed E-state index contributed by atoms with van der Waals surface area (Å²) in [5.74, 6) is -2.55. The molecule has 214 valence electrons.